The fraction of sp³-hybridized carbons (Fsp3) is 0.280. The van der Waals surface area contributed by atoms with Crippen molar-refractivity contribution < 1.29 is 24.3 Å². The summed E-state index contributed by atoms with van der Waals surface area (Å²) in [6.45, 7) is 5.78. The molecule has 3 aromatic rings. The molecule has 8 nitrogen and oxygen atoms in total. The molecule has 2 atom stereocenters. The fourth-order valence-electron chi connectivity index (χ4n) is 4.47. The highest BCUT2D eigenvalue weighted by Crippen LogP contribution is 2.45. The van der Waals surface area contributed by atoms with E-state index in [1.165, 1.54) is 0 Å². The van der Waals surface area contributed by atoms with Gasteiger partial charge in [-0.05, 0) is 31.4 Å². The second-order valence-electron chi connectivity index (χ2n) is 8.42. The summed E-state index contributed by atoms with van der Waals surface area (Å²) in [5, 5.41) is 28.6. The molecule has 170 valence electrons. The van der Waals surface area contributed by atoms with E-state index in [9.17, 15) is 19.8 Å². The SMILES string of the molecule is Cc1noc(C)c1Cn1cc(C2=C(C(=O)O)C(C)C(Cc3ccccc3)(C(=O)O)C=C2)cn1. The third kappa shape index (κ3) is 4.00. The molecule has 0 bridgehead atoms. The van der Waals surface area contributed by atoms with E-state index in [0.717, 1.165) is 16.8 Å². The monoisotopic (exact) mass is 447 g/mol. The predicted molar refractivity (Wildman–Crippen MR) is 120 cm³/mol. The highest BCUT2D eigenvalue weighted by Gasteiger charge is 2.47. The molecule has 2 N–H and O–H groups in total. The first-order valence-electron chi connectivity index (χ1n) is 10.6. The summed E-state index contributed by atoms with van der Waals surface area (Å²) in [6.07, 6.45) is 6.78. The third-order valence-electron chi connectivity index (χ3n) is 6.46. The van der Waals surface area contributed by atoms with Gasteiger partial charge in [-0.2, -0.15) is 5.10 Å². The Hall–Kier alpha value is -3.94. The number of rotatable bonds is 7. The third-order valence-corrected chi connectivity index (χ3v) is 6.46. The number of hydrogen-bond donors (Lipinski definition) is 2. The van der Waals surface area contributed by atoms with Crippen LogP contribution >= 0.6 is 0 Å². The molecule has 2 unspecified atom stereocenters. The van der Waals surface area contributed by atoms with E-state index in [2.05, 4.69) is 10.3 Å². The Morgan fingerprint density at radius 3 is 2.52 bits per heavy atom. The van der Waals surface area contributed by atoms with Crippen LogP contribution < -0.4 is 0 Å². The zero-order chi connectivity index (χ0) is 23.8. The molecule has 0 fully saturated rings. The number of hydrogen-bond acceptors (Lipinski definition) is 5. The Kier molecular flexibility index (Phi) is 5.76. The van der Waals surface area contributed by atoms with Crippen molar-refractivity contribution in [1.82, 2.24) is 14.9 Å². The smallest absolute Gasteiger partial charge is 0.332 e. The first-order valence-corrected chi connectivity index (χ1v) is 10.6. The van der Waals surface area contributed by atoms with Crippen LogP contribution in [0.1, 0.15) is 35.1 Å². The van der Waals surface area contributed by atoms with E-state index in [4.69, 9.17) is 4.52 Å². The number of aliphatic carboxylic acids is 2. The molecule has 1 aliphatic carbocycles. The number of carboxylic acid groups (broad SMARTS) is 2. The highest BCUT2D eigenvalue weighted by molar-refractivity contribution is 6.02. The molecule has 2 aromatic heterocycles. The minimum Gasteiger partial charge on any atom is -0.481 e. The molecular formula is C25H25N3O5. The Morgan fingerprint density at radius 2 is 1.91 bits per heavy atom. The van der Waals surface area contributed by atoms with Crippen LogP contribution in [-0.2, 0) is 22.6 Å². The van der Waals surface area contributed by atoms with Gasteiger partial charge in [-0.25, -0.2) is 4.79 Å². The van der Waals surface area contributed by atoms with Crippen LogP contribution in [0.25, 0.3) is 5.57 Å². The molecule has 2 heterocycles. The van der Waals surface area contributed by atoms with Crippen LogP contribution in [0.2, 0.25) is 0 Å². The van der Waals surface area contributed by atoms with Crippen LogP contribution in [0.5, 0.6) is 0 Å². The average molecular weight is 447 g/mol. The lowest BCUT2D eigenvalue weighted by Gasteiger charge is -2.36. The van der Waals surface area contributed by atoms with Crippen LogP contribution in [0.15, 0.2) is 65.0 Å². The van der Waals surface area contributed by atoms with Gasteiger partial charge >= 0.3 is 11.9 Å². The minimum atomic E-state index is -1.37. The lowest BCUT2D eigenvalue weighted by molar-refractivity contribution is -0.148. The van der Waals surface area contributed by atoms with Gasteiger partial charge in [0.25, 0.3) is 0 Å². The van der Waals surface area contributed by atoms with Crippen molar-refractivity contribution >= 4 is 17.5 Å². The second-order valence-corrected chi connectivity index (χ2v) is 8.42. The van der Waals surface area contributed by atoms with Crippen molar-refractivity contribution in [2.45, 2.75) is 33.7 Å². The van der Waals surface area contributed by atoms with Gasteiger partial charge in [0, 0.05) is 28.8 Å². The lowest BCUT2D eigenvalue weighted by atomic mass is 9.65. The van der Waals surface area contributed by atoms with E-state index in [1.54, 1.807) is 36.2 Å². The molecule has 0 saturated carbocycles. The summed E-state index contributed by atoms with van der Waals surface area (Å²) in [7, 11) is 0. The maximum atomic E-state index is 12.5. The van der Waals surface area contributed by atoms with Crippen molar-refractivity contribution in [2.75, 3.05) is 0 Å². The number of aromatic nitrogens is 3. The van der Waals surface area contributed by atoms with Gasteiger partial charge in [0.2, 0.25) is 0 Å². The van der Waals surface area contributed by atoms with Crippen LogP contribution in [0.3, 0.4) is 0 Å². The molecular weight excluding hydrogens is 422 g/mol. The zero-order valence-electron chi connectivity index (χ0n) is 18.6. The average Bonchev–Trinajstić information content (AvgIpc) is 3.37. The number of aryl methyl sites for hydroxylation is 2. The number of benzene rings is 1. The molecule has 1 aromatic carbocycles. The Bertz CT molecular complexity index is 1250. The normalized spacial score (nSPS) is 20.3. The van der Waals surface area contributed by atoms with E-state index < -0.39 is 23.3 Å². The van der Waals surface area contributed by atoms with Crippen molar-refractivity contribution in [3.05, 3.63) is 88.6 Å². The quantitative estimate of drug-likeness (QED) is 0.564. The number of nitrogens with zero attached hydrogens (tertiary/aromatic N) is 3. The van der Waals surface area contributed by atoms with Crippen LogP contribution in [0.4, 0.5) is 0 Å². The molecule has 0 aliphatic heterocycles. The van der Waals surface area contributed by atoms with Gasteiger partial charge in [-0.15, -0.1) is 0 Å². The topological polar surface area (TPSA) is 118 Å². The maximum absolute atomic E-state index is 12.5. The Labute approximate surface area is 190 Å². The molecule has 0 saturated heterocycles. The largest absolute Gasteiger partial charge is 0.481 e. The summed E-state index contributed by atoms with van der Waals surface area (Å²) in [5.74, 6) is -2.26. The molecule has 0 amide bonds. The molecule has 1 aliphatic rings. The van der Waals surface area contributed by atoms with Gasteiger partial charge in [-0.1, -0.05) is 54.6 Å². The Balaban J connectivity index is 1.71. The number of carboxylic acids is 2. The highest BCUT2D eigenvalue weighted by atomic mass is 16.5. The van der Waals surface area contributed by atoms with Gasteiger partial charge < -0.3 is 14.7 Å². The predicted octanol–water partition coefficient (Wildman–Crippen LogP) is 3.89. The van der Waals surface area contributed by atoms with Crippen molar-refractivity contribution in [3.8, 4) is 0 Å². The van der Waals surface area contributed by atoms with E-state index in [-0.39, 0.29) is 12.0 Å². The van der Waals surface area contributed by atoms with Crippen LogP contribution in [-0.4, -0.2) is 37.1 Å². The summed E-state index contributed by atoms with van der Waals surface area (Å²) < 4.78 is 6.89. The minimum absolute atomic E-state index is 0.0627. The molecule has 8 heteroatoms. The van der Waals surface area contributed by atoms with E-state index in [1.807, 2.05) is 44.2 Å². The van der Waals surface area contributed by atoms with Gasteiger partial charge in [0.05, 0.1) is 23.9 Å². The first kappa shape index (κ1) is 22.3. The van der Waals surface area contributed by atoms with E-state index >= 15 is 0 Å². The van der Waals surface area contributed by atoms with Gasteiger partial charge in [0.15, 0.2) is 0 Å². The van der Waals surface area contributed by atoms with Gasteiger partial charge in [-0.3, -0.25) is 9.48 Å². The second kappa shape index (κ2) is 8.54. The van der Waals surface area contributed by atoms with Gasteiger partial charge in [0.1, 0.15) is 5.76 Å². The molecule has 4 rings (SSSR count). The standard InChI is InChI=1S/C25H25N3O5/c1-15-22(23(29)30)20(9-10-25(15,24(31)32)11-18-7-5-4-6-8-18)19-12-26-28(13-19)14-21-16(2)27-33-17(21)3/h4-10,12-13,15H,11,14H2,1-3H3,(H,29,30)(H,31,32). The zero-order valence-corrected chi connectivity index (χ0v) is 18.6. The maximum Gasteiger partial charge on any atom is 0.332 e. The molecule has 0 spiro atoms. The number of carbonyl (C=O) groups is 2. The molecule has 33 heavy (non-hydrogen) atoms. The summed E-state index contributed by atoms with van der Waals surface area (Å²) in [5.41, 5.74) is 2.28. The van der Waals surface area contributed by atoms with Crippen LogP contribution in [0, 0.1) is 25.2 Å². The first-order chi connectivity index (χ1) is 15.7. The Morgan fingerprint density at radius 1 is 1.18 bits per heavy atom. The lowest BCUT2D eigenvalue weighted by Crippen LogP contribution is -2.42. The fourth-order valence-corrected chi connectivity index (χ4v) is 4.47. The summed E-state index contributed by atoms with van der Waals surface area (Å²) >= 11 is 0. The van der Waals surface area contributed by atoms with Crippen molar-refractivity contribution in [2.24, 2.45) is 11.3 Å². The molecule has 0 radical (unpaired) electrons. The van der Waals surface area contributed by atoms with Crippen molar-refractivity contribution in [1.29, 1.82) is 0 Å². The van der Waals surface area contributed by atoms with Crippen molar-refractivity contribution in [3.63, 3.8) is 0 Å². The number of allylic oxidation sites excluding steroid dienone is 2. The summed E-state index contributed by atoms with van der Waals surface area (Å²) in [6, 6.07) is 9.25. The summed E-state index contributed by atoms with van der Waals surface area (Å²) in [4.78, 5) is 24.8. The van der Waals surface area contributed by atoms with E-state index in [0.29, 0.717) is 23.4 Å².